The minimum atomic E-state index is 0.629. The molecule has 300 valence electrons. The summed E-state index contributed by atoms with van der Waals surface area (Å²) in [6.45, 7) is 0. The second-order valence-electron chi connectivity index (χ2n) is 16.4. The SMILES string of the molecule is C1=CCc2c(n(-c3ccc4c(c3)c3cc(-n5c6ccccc6c6ccccc65)ccc3n4-c3ccc(-c4nc(-c5ccccc5)nc(-c5ccccc5)n4)cc3)c3ccccc23)C=C1. The van der Waals surface area contributed by atoms with Crippen LogP contribution in [0.25, 0.3) is 112 Å². The number of rotatable bonds is 6. The van der Waals surface area contributed by atoms with Gasteiger partial charge in [-0.05, 0) is 96.9 Å². The first-order chi connectivity index (χ1) is 31.7. The molecule has 0 radical (unpaired) electrons. The molecule has 4 aromatic heterocycles. The summed E-state index contributed by atoms with van der Waals surface area (Å²) < 4.78 is 7.24. The van der Waals surface area contributed by atoms with Gasteiger partial charge < -0.3 is 13.7 Å². The summed E-state index contributed by atoms with van der Waals surface area (Å²) >= 11 is 0. The van der Waals surface area contributed by atoms with Crippen LogP contribution in [0.4, 0.5) is 0 Å². The number of hydrogen-bond acceptors (Lipinski definition) is 3. The van der Waals surface area contributed by atoms with Gasteiger partial charge in [0.1, 0.15) is 0 Å². The minimum absolute atomic E-state index is 0.629. The van der Waals surface area contributed by atoms with E-state index < -0.39 is 0 Å². The summed E-state index contributed by atoms with van der Waals surface area (Å²) in [6, 6.07) is 69.0. The van der Waals surface area contributed by atoms with Crippen molar-refractivity contribution in [3.05, 3.63) is 224 Å². The normalized spacial score (nSPS) is 12.5. The molecule has 0 saturated carbocycles. The molecule has 0 spiro atoms. The predicted octanol–water partition coefficient (Wildman–Crippen LogP) is 14.1. The van der Waals surface area contributed by atoms with E-state index in [1.165, 1.54) is 54.7 Å². The standard InChI is InChI=1S/C58H38N6/c1-4-16-38(17-5-1)56-59-57(39-18-6-2-7-19-39)61-58(60-56)40-28-30-41(31-29-40)62-54-34-32-42(63-50-24-9-3-8-20-44(50)45-21-10-13-25-51(45)63)36-48(54)49-37-43(33-35-55(49)62)64-52-26-14-11-22-46(52)47-23-12-15-27-53(47)64/h1-19,21-37H,20H2. The van der Waals surface area contributed by atoms with E-state index in [1.54, 1.807) is 0 Å². The van der Waals surface area contributed by atoms with Gasteiger partial charge >= 0.3 is 0 Å². The largest absolute Gasteiger partial charge is 0.310 e. The predicted molar refractivity (Wildman–Crippen MR) is 264 cm³/mol. The van der Waals surface area contributed by atoms with Crippen LogP contribution in [0.5, 0.6) is 0 Å². The van der Waals surface area contributed by atoms with Crippen molar-refractivity contribution >= 4 is 60.6 Å². The average Bonchev–Trinajstić information content (AvgIpc) is 3.91. The van der Waals surface area contributed by atoms with Gasteiger partial charge in [0.2, 0.25) is 0 Å². The molecule has 1 aliphatic carbocycles. The molecule has 64 heavy (non-hydrogen) atoms. The van der Waals surface area contributed by atoms with E-state index >= 15 is 0 Å². The molecule has 0 atom stereocenters. The quantitative estimate of drug-likeness (QED) is 0.168. The van der Waals surface area contributed by atoms with E-state index in [0.29, 0.717) is 17.5 Å². The molecule has 13 rings (SSSR count). The number of para-hydroxylation sites is 3. The van der Waals surface area contributed by atoms with Crippen molar-refractivity contribution < 1.29 is 0 Å². The molecule has 1 aliphatic rings. The maximum atomic E-state index is 5.02. The van der Waals surface area contributed by atoms with Crippen LogP contribution in [-0.2, 0) is 6.42 Å². The number of hydrogen-bond donors (Lipinski definition) is 0. The average molecular weight is 819 g/mol. The van der Waals surface area contributed by atoms with E-state index in [4.69, 9.17) is 15.0 Å². The van der Waals surface area contributed by atoms with Gasteiger partial charge in [0.15, 0.2) is 17.5 Å². The fourth-order valence-electron chi connectivity index (χ4n) is 9.86. The van der Waals surface area contributed by atoms with Gasteiger partial charge in [-0.1, -0.05) is 133 Å². The van der Waals surface area contributed by atoms with Crippen molar-refractivity contribution in [2.24, 2.45) is 0 Å². The Morgan fingerprint density at radius 2 is 0.750 bits per heavy atom. The summed E-state index contributed by atoms with van der Waals surface area (Å²) in [5.41, 5.74) is 14.5. The van der Waals surface area contributed by atoms with Crippen LogP contribution in [0, 0.1) is 0 Å². The van der Waals surface area contributed by atoms with Crippen LogP contribution in [-0.4, -0.2) is 28.7 Å². The lowest BCUT2D eigenvalue weighted by molar-refractivity contribution is 1.07. The van der Waals surface area contributed by atoms with Crippen LogP contribution in [0.1, 0.15) is 11.3 Å². The summed E-state index contributed by atoms with van der Waals surface area (Å²) in [7, 11) is 0. The molecule has 0 bridgehead atoms. The van der Waals surface area contributed by atoms with Crippen molar-refractivity contribution in [3.63, 3.8) is 0 Å². The molecule has 0 amide bonds. The van der Waals surface area contributed by atoms with E-state index in [1.807, 2.05) is 60.7 Å². The highest BCUT2D eigenvalue weighted by Crippen LogP contribution is 2.40. The van der Waals surface area contributed by atoms with Gasteiger partial charge in [0, 0.05) is 60.7 Å². The fourth-order valence-corrected chi connectivity index (χ4v) is 9.86. The monoisotopic (exact) mass is 818 g/mol. The molecule has 6 nitrogen and oxygen atoms in total. The van der Waals surface area contributed by atoms with E-state index in [9.17, 15) is 0 Å². The molecule has 0 fully saturated rings. The molecule has 0 N–H and O–H groups in total. The zero-order chi connectivity index (χ0) is 42.1. The molecule has 6 heteroatoms. The number of benzene rings is 8. The Balaban J connectivity index is 1.01. The third-order valence-corrected chi connectivity index (χ3v) is 12.8. The van der Waals surface area contributed by atoms with Crippen molar-refractivity contribution in [1.82, 2.24) is 28.7 Å². The summed E-state index contributed by atoms with van der Waals surface area (Å²) in [5.74, 6) is 1.92. The smallest absolute Gasteiger partial charge is 0.164 e. The lowest BCUT2D eigenvalue weighted by atomic mass is 10.1. The van der Waals surface area contributed by atoms with Crippen molar-refractivity contribution in [1.29, 1.82) is 0 Å². The van der Waals surface area contributed by atoms with Crippen LogP contribution in [0.3, 0.4) is 0 Å². The summed E-state index contributed by atoms with van der Waals surface area (Å²) in [4.78, 5) is 15.0. The lowest BCUT2D eigenvalue weighted by Crippen LogP contribution is -2.00. The van der Waals surface area contributed by atoms with Crippen molar-refractivity contribution in [2.45, 2.75) is 6.42 Å². The van der Waals surface area contributed by atoms with E-state index in [0.717, 1.165) is 51.2 Å². The molecule has 0 aliphatic heterocycles. The second kappa shape index (κ2) is 14.5. The highest BCUT2D eigenvalue weighted by atomic mass is 15.0. The van der Waals surface area contributed by atoms with Crippen LogP contribution >= 0.6 is 0 Å². The van der Waals surface area contributed by atoms with Crippen LogP contribution in [0.2, 0.25) is 0 Å². The molecular weight excluding hydrogens is 781 g/mol. The van der Waals surface area contributed by atoms with Crippen molar-refractivity contribution in [2.75, 3.05) is 0 Å². The fraction of sp³-hybridized carbons (Fsp3) is 0.0172. The van der Waals surface area contributed by atoms with Gasteiger partial charge in [-0.2, -0.15) is 0 Å². The third-order valence-electron chi connectivity index (χ3n) is 12.8. The zero-order valence-corrected chi connectivity index (χ0v) is 34.7. The Kier molecular flexibility index (Phi) is 8.18. The number of nitrogens with zero attached hydrogens (tertiary/aromatic N) is 6. The molecule has 0 unspecified atom stereocenters. The van der Waals surface area contributed by atoms with Gasteiger partial charge in [-0.25, -0.2) is 15.0 Å². The van der Waals surface area contributed by atoms with Gasteiger partial charge in [0.25, 0.3) is 0 Å². The Hall–Kier alpha value is -8.61. The maximum Gasteiger partial charge on any atom is 0.164 e. The number of fused-ring (bicyclic) bond motifs is 9. The van der Waals surface area contributed by atoms with Crippen LogP contribution < -0.4 is 0 Å². The van der Waals surface area contributed by atoms with Gasteiger partial charge in [0.05, 0.1) is 33.3 Å². The first-order valence-electron chi connectivity index (χ1n) is 21.8. The van der Waals surface area contributed by atoms with E-state index in [2.05, 4.69) is 171 Å². The number of allylic oxidation sites excluding steroid dienone is 3. The lowest BCUT2D eigenvalue weighted by Gasteiger charge is -2.12. The first kappa shape index (κ1) is 36.1. The summed E-state index contributed by atoms with van der Waals surface area (Å²) in [6.07, 6.45) is 9.72. The van der Waals surface area contributed by atoms with E-state index in [-0.39, 0.29) is 0 Å². The Bertz CT molecular complexity index is 3740. The zero-order valence-electron chi connectivity index (χ0n) is 34.7. The Morgan fingerprint density at radius 3 is 1.31 bits per heavy atom. The Labute approximate surface area is 369 Å². The highest BCUT2D eigenvalue weighted by molar-refractivity contribution is 6.13. The maximum absolute atomic E-state index is 5.02. The third kappa shape index (κ3) is 5.70. The molecule has 12 aromatic rings. The molecule has 8 aromatic carbocycles. The highest BCUT2D eigenvalue weighted by Gasteiger charge is 2.21. The minimum Gasteiger partial charge on any atom is -0.310 e. The van der Waals surface area contributed by atoms with Gasteiger partial charge in [-0.15, -0.1) is 0 Å². The van der Waals surface area contributed by atoms with Gasteiger partial charge in [-0.3, -0.25) is 0 Å². The van der Waals surface area contributed by atoms with Crippen molar-refractivity contribution in [3.8, 4) is 51.2 Å². The Morgan fingerprint density at radius 1 is 0.328 bits per heavy atom. The van der Waals surface area contributed by atoms with Crippen LogP contribution in [0.15, 0.2) is 212 Å². The molecule has 0 saturated heterocycles. The first-order valence-corrected chi connectivity index (χ1v) is 21.8. The molecular formula is C58H38N6. The topological polar surface area (TPSA) is 53.5 Å². The number of aromatic nitrogens is 6. The summed E-state index contributed by atoms with van der Waals surface area (Å²) in [5, 5.41) is 6.14. The molecule has 4 heterocycles. The second-order valence-corrected chi connectivity index (χ2v) is 16.4.